The first-order valence-corrected chi connectivity index (χ1v) is 6.37. The lowest BCUT2D eigenvalue weighted by atomic mass is 10.3. The van der Waals surface area contributed by atoms with E-state index in [-0.39, 0.29) is 5.91 Å². The molecule has 0 saturated carbocycles. The molecule has 0 bridgehead atoms. The van der Waals surface area contributed by atoms with Crippen molar-refractivity contribution in [2.24, 2.45) is 0 Å². The van der Waals surface area contributed by atoms with Gasteiger partial charge < -0.3 is 14.5 Å². The van der Waals surface area contributed by atoms with Crippen LogP contribution in [0.3, 0.4) is 0 Å². The van der Waals surface area contributed by atoms with Gasteiger partial charge in [0.2, 0.25) is 5.91 Å². The predicted octanol–water partition coefficient (Wildman–Crippen LogP) is 3.17. The van der Waals surface area contributed by atoms with Gasteiger partial charge in [-0.15, -0.1) is 0 Å². The van der Waals surface area contributed by atoms with E-state index in [2.05, 4.69) is 5.32 Å². The third-order valence-corrected chi connectivity index (χ3v) is 2.54. The molecule has 0 aliphatic carbocycles. The Morgan fingerprint density at radius 1 is 1.14 bits per heavy atom. The first kappa shape index (κ1) is 14.6. The van der Waals surface area contributed by atoms with Crippen LogP contribution in [-0.2, 0) is 9.59 Å². The average Bonchev–Trinajstić information content (AvgIpc) is 2.84. The maximum atomic E-state index is 11.6. The van der Waals surface area contributed by atoms with E-state index in [1.165, 1.54) is 13.0 Å². The fourth-order valence-corrected chi connectivity index (χ4v) is 1.65. The number of benzene rings is 1. The van der Waals surface area contributed by atoms with Crippen molar-refractivity contribution < 1.29 is 18.7 Å². The first-order valence-electron chi connectivity index (χ1n) is 6.37. The van der Waals surface area contributed by atoms with Gasteiger partial charge in [-0.2, -0.15) is 0 Å². The molecule has 5 heteroatoms. The zero-order valence-electron chi connectivity index (χ0n) is 11.8. The van der Waals surface area contributed by atoms with Gasteiger partial charge in [0.1, 0.15) is 17.3 Å². The number of esters is 1. The molecule has 0 saturated heterocycles. The summed E-state index contributed by atoms with van der Waals surface area (Å²) in [5.41, 5.74) is 0.643. The second-order valence-corrected chi connectivity index (χ2v) is 4.41. The molecular weight excluding hydrogens is 270 g/mol. The molecule has 2 rings (SSSR count). The number of furan rings is 1. The second-order valence-electron chi connectivity index (χ2n) is 4.41. The number of anilines is 1. The summed E-state index contributed by atoms with van der Waals surface area (Å²) in [5, 5.41) is 2.63. The normalized spacial score (nSPS) is 10.6. The number of nitrogens with one attached hydrogen (secondary N) is 1. The molecule has 1 aromatic heterocycles. The SMILES string of the molecule is CC(=O)Nc1ccc(OC(=O)/C=C/c2ccc(C)o2)cc1. The Balaban J connectivity index is 1.93. The minimum atomic E-state index is -0.503. The zero-order valence-corrected chi connectivity index (χ0v) is 11.8. The van der Waals surface area contributed by atoms with Crippen LogP contribution < -0.4 is 10.1 Å². The van der Waals surface area contributed by atoms with Gasteiger partial charge in [-0.25, -0.2) is 4.79 Å². The van der Waals surface area contributed by atoms with Crippen molar-refractivity contribution in [1.29, 1.82) is 0 Å². The lowest BCUT2D eigenvalue weighted by Gasteiger charge is -2.04. The number of ether oxygens (including phenoxy) is 1. The summed E-state index contributed by atoms with van der Waals surface area (Å²) in [5.74, 6) is 1.10. The van der Waals surface area contributed by atoms with Gasteiger partial charge in [-0.3, -0.25) is 4.79 Å². The van der Waals surface area contributed by atoms with E-state index >= 15 is 0 Å². The highest BCUT2D eigenvalue weighted by Gasteiger charge is 2.02. The fourth-order valence-electron chi connectivity index (χ4n) is 1.65. The van der Waals surface area contributed by atoms with Crippen LogP contribution in [0.25, 0.3) is 6.08 Å². The van der Waals surface area contributed by atoms with Crippen molar-refractivity contribution in [2.45, 2.75) is 13.8 Å². The van der Waals surface area contributed by atoms with Crippen LogP contribution in [0.5, 0.6) is 5.75 Å². The Kier molecular flexibility index (Phi) is 4.56. The minimum Gasteiger partial charge on any atom is -0.462 e. The van der Waals surface area contributed by atoms with Crippen LogP contribution in [0.2, 0.25) is 0 Å². The van der Waals surface area contributed by atoms with Gasteiger partial charge in [0.05, 0.1) is 0 Å². The van der Waals surface area contributed by atoms with Crippen molar-refractivity contribution in [1.82, 2.24) is 0 Å². The largest absolute Gasteiger partial charge is 0.462 e. The van der Waals surface area contributed by atoms with Gasteiger partial charge in [0.15, 0.2) is 0 Å². The monoisotopic (exact) mass is 285 g/mol. The lowest BCUT2D eigenvalue weighted by molar-refractivity contribution is -0.128. The van der Waals surface area contributed by atoms with Crippen molar-refractivity contribution in [3.05, 3.63) is 54.0 Å². The van der Waals surface area contributed by atoms with Crippen LogP contribution in [0.4, 0.5) is 5.69 Å². The Morgan fingerprint density at radius 3 is 2.43 bits per heavy atom. The van der Waals surface area contributed by atoms with Crippen molar-refractivity contribution in [3.8, 4) is 5.75 Å². The topological polar surface area (TPSA) is 68.5 Å². The highest BCUT2D eigenvalue weighted by molar-refractivity contribution is 5.89. The van der Waals surface area contributed by atoms with Gasteiger partial charge in [-0.1, -0.05) is 0 Å². The third kappa shape index (κ3) is 4.65. The second kappa shape index (κ2) is 6.56. The number of carbonyl (C=O) groups is 2. The van der Waals surface area contributed by atoms with Crippen molar-refractivity contribution >= 4 is 23.6 Å². The van der Waals surface area contributed by atoms with E-state index in [1.807, 2.05) is 13.0 Å². The number of rotatable bonds is 4. The molecule has 1 amide bonds. The quantitative estimate of drug-likeness (QED) is 0.532. The van der Waals surface area contributed by atoms with Crippen LogP contribution >= 0.6 is 0 Å². The maximum absolute atomic E-state index is 11.6. The summed E-state index contributed by atoms with van der Waals surface area (Å²) < 4.78 is 10.4. The van der Waals surface area contributed by atoms with Gasteiger partial charge >= 0.3 is 5.97 Å². The molecule has 21 heavy (non-hydrogen) atoms. The van der Waals surface area contributed by atoms with Crippen LogP contribution in [0, 0.1) is 6.92 Å². The summed E-state index contributed by atoms with van der Waals surface area (Å²) in [6.45, 7) is 3.25. The molecule has 0 spiro atoms. The molecule has 0 atom stereocenters. The van der Waals surface area contributed by atoms with Gasteiger partial charge in [0.25, 0.3) is 0 Å². The number of carbonyl (C=O) groups excluding carboxylic acids is 2. The molecule has 0 aliphatic rings. The molecular formula is C16H15NO4. The highest BCUT2D eigenvalue weighted by atomic mass is 16.5. The first-order chi connectivity index (χ1) is 10.0. The summed E-state index contributed by atoms with van der Waals surface area (Å²) in [6, 6.07) is 10.1. The highest BCUT2D eigenvalue weighted by Crippen LogP contribution is 2.16. The number of aryl methyl sites for hydroxylation is 1. The summed E-state index contributed by atoms with van der Waals surface area (Å²) >= 11 is 0. The van der Waals surface area contributed by atoms with Crippen LogP contribution in [-0.4, -0.2) is 11.9 Å². The molecule has 108 valence electrons. The predicted molar refractivity (Wildman–Crippen MR) is 78.9 cm³/mol. The Bertz CT molecular complexity index is 668. The van der Waals surface area contributed by atoms with E-state index in [4.69, 9.17) is 9.15 Å². The van der Waals surface area contributed by atoms with Crippen molar-refractivity contribution in [2.75, 3.05) is 5.32 Å². The zero-order chi connectivity index (χ0) is 15.2. The Labute approximate surface area is 122 Å². The van der Waals surface area contributed by atoms with Gasteiger partial charge in [-0.05, 0) is 49.4 Å². The summed E-state index contributed by atoms with van der Waals surface area (Å²) in [6.07, 6.45) is 2.83. The molecule has 1 N–H and O–H groups in total. The molecule has 5 nitrogen and oxygen atoms in total. The molecule has 1 aromatic carbocycles. The Morgan fingerprint density at radius 2 is 1.86 bits per heavy atom. The number of hydrogen-bond acceptors (Lipinski definition) is 4. The summed E-state index contributed by atoms with van der Waals surface area (Å²) in [7, 11) is 0. The molecule has 0 unspecified atom stereocenters. The molecule has 0 fully saturated rings. The summed E-state index contributed by atoms with van der Waals surface area (Å²) in [4.78, 5) is 22.5. The van der Waals surface area contributed by atoms with Crippen LogP contribution in [0.1, 0.15) is 18.4 Å². The number of amides is 1. The minimum absolute atomic E-state index is 0.156. The van der Waals surface area contributed by atoms with E-state index in [0.717, 1.165) is 5.76 Å². The maximum Gasteiger partial charge on any atom is 0.336 e. The lowest BCUT2D eigenvalue weighted by Crippen LogP contribution is -2.06. The van der Waals surface area contributed by atoms with E-state index < -0.39 is 5.97 Å². The van der Waals surface area contributed by atoms with Gasteiger partial charge in [0, 0.05) is 18.7 Å². The molecule has 0 aliphatic heterocycles. The molecule has 1 heterocycles. The smallest absolute Gasteiger partial charge is 0.336 e. The molecule has 2 aromatic rings. The third-order valence-electron chi connectivity index (χ3n) is 2.54. The number of hydrogen-bond donors (Lipinski definition) is 1. The van der Waals surface area contributed by atoms with E-state index in [1.54, 1.807) is 36.4 Å². The van der Waals surface area contributed by atoms with Crippen LogP contribution in [0.15, 0.2) is 46.9 Å². The molecule has 0 radical (unpaired) electrons. The fraction of sp³-hybridized carbons (Fsp3) is 0.125. The standard InChI is InChI=1S/C16H15NO4/c1-11-3-6-14(20-11)9-10-16(19)21-15-7-4-13(5-8-15)17-12(2)18/h3-10H,1-2H3,(H,17,18)/b10-9+. The Hall–Kier alpha value is -2.82. The van der Waals surface area contributed by atoms with Crippen molar-refractivity contribution in [3.63, 3.8) is 0 Å². The van der Waals surface area contributed by atoms with E-state index in [9.17, 15) is 9.59 Å². The van der Waals surface area contributed by atoms with E-state index in [0.29, 0.717) is 17.2 Å². The average molecular weight is 285 g/mol.